The summed E-state index contributed by atoms with van der Waals surface area (Å²) in [5.41, 5.74) is -0.0634. The van der Waals surface area contributed by atoms with Crippen LogP contribution in [0.15, 0.2) is 6.33 Å². The third kappa shape index (κ3) is 3.22. The number of hydrogen-bond acceptors (Lipinski definition) is 6. The molecule has 0 spiro atoms. The molecule has 2 N–H and O–H groups in total. The quantitative estimate of drug-likeness (QED) is 0.618. The van der Waals surface area contributed by atoms with E-state index in [2.05, 4.69) is 34.4 Å². The minimum Gasteiger partial charge on any atom is -0.364 e. The second kappa shape index (κ2) is 6.69. The Labute approximate surface area is 124 Å². The molecule has 21 heavy (non-hydrogen) atoms. The molecule has 7 heteroatoms. The molecule has 1 aliphatic carbocycles. The van der Waals surface area contributed by atoms with Gasteiger partial charge in [0.15, 0.2) is 0 Å². The van der Waals surface area contributed by atoms with E-state index in [0.717, 1.165) is 19.3 Å². The predicted molar refractivity (Wildman–Crippen MR) is 82.4 cm³/mol. The Morgan fingerprint density at radius 1 is 1.33 bits per heavy atom. The largest absolute Gasteiger partial charge is 0.364 e. The van der Waals surface area contributed by atoms with Crippen LogP contribution in [0.3, 0.4) is 0 Å². The topological polar surface area (TPSA) is 93.0 Å². The molecular formula is C14H23N5O2. The summed E-state index contributed by atoms with van der Waals surface area (Å²) < 4.78 is 0. The van der Waals surface area contributed by atoms with E-state index in [9.17, 15) is 10.1 Å². The summed E-state index contributed by atoms with van der Waals surface area (Å²) in [6.07, 6.45) is 4.70. The molecule has 7 nitrogen and oxygen atoms in total. The average molecular weight is 293 g/mol. The van der Waals surface area contributed by atoms with Crippen molar-refractivity contribution in [3.05, 3.63) is 16.4 Å². The lowest BCUT2D eigenvalue weighted by atomic mass is 9.93. The molecule has 0 bridgehead atoms. The van der Waals surface area contributed by atoms with Crippen molar-refractivity contribution in [2.24, 2.45) is 11.8 Å². The maximum absolute atomic E-state index is 11.3. The Morgan fingerprint density at radius 2 is 2.05 bits per heavy atom. The third-order valence-corrected chi connectivity index (χ3v) is 4.42. The van der Waals surface area contributed by atoms with Gasteiger partial charge in [-0.15, -0.1) is 0 Å². The van der Waals surface area contributed by atoms with Gasteiger partial charge in [0.05, 0.1) is 4.92 Å². The number of nitrogens with one attached hydrogen (secondary N) is 2. The summed E-state index contributed by atoms with van der Waals surface area (Å²) >= 11 is 0. The van der Waals surface area contributed by atoms with Crippen LogP contribution < -0.4 is 10.6 Å². The van der Waals surface area contributed by atoms with Crippen LogP contribution in [0, 0.1) is 22.0 Å². The second-order valence-corrected chi connectivity index (χ2v) is 5.56. The summed E-state index contributed by atoms with van der Waals surface area (Å²) in [5.74, 6) is 1.76. The first-order valence-electron chi connectivity index (χ1n) is 7.58. The third-order valence-electron chi connectivity index (χ3n) is 4.42. The monoisotopic (exact) mass is 293 g/mol. The van der Waals surface area contributed by atoms with Gasteiger partial charge in [0, 0.05) is 12.6 Å². The molecule has 2 rings (SSSR count). The SMILES string of the molecule is CCNc1ncnc(NC2CCC(CC)C2C)c1[N+](=O)[O-]. The molecule has 1 aliphatic rings. The van der Waals surface area contributed by atoms with E-state index in [0.29, 0.717) is 24.2 Å². The summed E-state index contributed by atoms with van der Waals surface area (Å²) in [7, 11) is 0. The fourth-order valence-electron chi connectivity index (χ4n) is 3.16. The van der Waals surface area contributed by atoms with Crippen LogP contribution in [0.25, 0.3) is 0 Å². The molecule has 0 aromatic carbocycles. The van der Waals surface area contributed by atoms with Gasteiger partial charge in [-0.1, -0.05) is 20.3 Å². The van der Waals surface area contributed by atoms with Crippen molar-refractivity contribution in [3.63, 3.8) is 0 Å². The van der Waals surface area contributed by atoms with Crippen molar-refractivity contribution in [3.8, 4) is 0 Å². The van der Waals surface area contributed by atoms with Gasteiger partial charge < -0.3 is 10.6 Å². The van der Waals surface area contributed by atoms with Crippen molar-refractivity contribution in [1.29, 1.82) is 0 Å². The maximum atomic E-state index is 11.3. The van der Waals surface area contributed by atoms with Gasteiger partial charge in [-0.2, -0.15) is 0 Å². The molecule has 1 saturated carbocycles. The van der Waals surface area contributed by atoms with Crippen molar-refractivity contribution in [2.45, 2.75) is 46.1 Å². The first-order valence-corrected chi connectivity index (χ1v) is 7.58. The number of hydrogen-bond donors (Lipinski definition) is 2. The number of nitrogens with zero attached hydrogens (tertiary/aromatic N) is 3. The van der Waals surface area contributed by atoms with E-state index in [1.807, 2.05) is 6.92 Å². The van der Waals surface area contributed by atoms with Gasteiger partial charge >= 0.3 is 5.69 Å². The molecule has 0 amide bonds. The Morgan fingerprint density at radius 3 is 2.62 bits per heavy atom. The van der Waals surface area contributed by atoms with Gasteiger partial charge in [-0.25, -0.2) is 9.97 Å². The van der Waals surface area contributed by atoms with Crippen LogP contribution >= 0.6 is 0 Å². The van der Waals surface area contributed by atoms with Gasteiger partial charge in [0.2, 0.25) is 11.6 Å². The highest BCUT2D eigenvalue weighted by Gasteiger charge is 2.33. The highest BCUT2D eigenvalue weighted by Crippen LogP contribution is 2.37. The Bertz CT molecular complexity index is 508. The van der Waals surface area contributed by atoms with Gasteiger partial charge in [-0.3, -0.25) is 10.1 Å². The number of anilines is 2. The van der Waals surface area contributed by atoms with E-state index in [1.54, 1.807) is 0 Å². The normalized spacial score (nSPS) is 24.8. The highest BCUT2D eigenvalue weighted by molar-refractivity contribution is 5.69. The summed E-state index contributed by atoms with van der Waals surface area (Å²) in [6, 6.07) is 0.234. The molecule has 1 heterocycles. The molecule has 1 aromatic heterocycles. The molecule has 116 valence electrons. The van der Waals surface area contributed by atoms with Crippen molar-refractivity contribution in [2.75, 3.05) is 17.2 Å². The molecule has 3 unspecified atom stereocenters. The minimum absolute atomic E-state index is 0.0634. The Hall–Kier alpha value is -1.92. The second-order valence-electron chi connectivity index (χ2n) is 5.56. The molecule has 1 aromatic rings. The highest BCUT2D eigenvalue weighted by atomic mass is 16.6. The van der Waals surface area contributed by atoms with E-state index in [4.69, 9.17) is 0 Å². The number of aromatic nitrogens is 2. The molecule has 0 saturated heterocycles. The van der Waals surface area contributed by atoms with E-state index >= 15 is 0 Å². The summed E-state index contributed by atoms with van der Waals surface area (Å²) in [6.45, 7) is 6.86. The van der Waals surface area contributed by atoms with E-state index < -0.39 is 4.92 Å². The van der Waals surface area contributed by atoms with Crippen molar-refractivity contribution >= 4 is 17.3 Å². The summed E-state index contributed by atoms with van der Waals surface area (Å²) in [4.78, 5) is 19.0. The molecule has 0 aliphatic heterocycles. The maximum Gasteiger partial charge on any atom is 0.353 e. The zero-order valence-electron chi connectivity index (χ0n) is 12.8. The predicted octanol–water partition coefficient (Wildman–Crippen LogP) is 3.05. The fourth-order valence-corrected chi connectivity index (χ4v) is 3.16. The smallest absolute Gasteiger partial charge is 0.353 e. The lowest BCUT2D eigenvalue weighted by molar-refractivity contribution is -0.383. The van der Waals surface area contributed by atoms with E-state index in [1.165, 1.54) is 6.33 Å². The minimum atomic E-state index is -0.419. The first kappa shape index (κ1) is 15.5. The molecule has 1 fully saturated rings. The van der Waals surface area contributed by atoms with Gasteiger partial charge in [-0.05, 0) is 31.6 Å². The van der Waals surface area contributed by atoms with Crippen molar-refractivity contribution < 1.29 is 4.92 Å². The molecule has 0 radical (unpaired) electrons. The number of nitro groups is 1. The Balaban J connectivity index is 2.24. The van der Waals surface area contributed by atoms with Gasteiger partial charge in [0.1, 0.15) is 6.33 Å². The molecular weight excluding hydrogens is 270 g/mol. The van der Waals surface area contributed by atoms with Gasteiger partial charge in [0.25, 0.3) is 0 Å². The van der Waals surface area contributed by atoms with Crippen LogP contribution in [0.1, 0.15) is 40.0 Å². The van der Waals surface area contributed by atoms with Crippen LogP contribution in [-0.4, -0.2) is 27.5 Å². The number of rotatable bonds is 6. The first-order chi connectivity index (χ1) is 10.1. The fraction of sp³-hybridized carbons (Fsp3) is 0.714. The Kier molecular flexibility index (Phi) is 4.93. The standard InChI is InChI=1S/C14H23N5O2/c1-4-10-6-7-11(9(10)3)18-14-12(19(20)21)13(15-5-2)16-8-17-14/h8-11H,4-7H2,1-3H3,(H2,15,16,17,18). The average Bonchev–Trinajstić information content (AvgIpc) is 2.80. The van der Waals surface area contributed by atoms with Crippen LogP contribution in [0.2, 0.25) is 0 Å². The zero-order valence-corrected chi connectivity index (χ0v) is 12.8. The van der Waals surface area contributed by atoms with E-state index in [-0.39, 0.29) is 17.5 Å². The van der Waals surface area contributed by atoms with Crippen molar-refractivity contribution in [1.82, 2.24) is 9.97 Å². The lowest BCUT2D eigenvalue weighted by Crippen LogP contribution is -2.26. The summed E-state index contributed by atoms with van der Waals surface area (Å²) in [5, 5.41) is 17.5. The zero-order chi connectivity index (χ0) is 15.4. The molecule has 3 atom stereocenters. The van der Waals surface area contributed by atoms with Crippen LogP contribution in [0.4, 0.5) is 17.3 Å². The lowest BCUT2D eigenvalue weighted by Gasteiger charge is -2.21. The van der Waals surface area contributed by atoms with Crippen LogP contribution in [0.5, 0.6) is 0 Å². The van der Waals surface area contributed by atoms with Crippen LogP contribution in [-0.2, 0) is 0 Å².